The molecule has 2 nitrogen and oxygen atoms in total. The first-order valence-electron chi connectivity index (χ1n) is 6.76. The Morgan fingerprint density at radius 3 is 3.00 bits per heavy atom. The van der Waals surface area contributed by atoms with E-state index < -0.39 is 0 Å². The summed E-state index contributed by atoms with van der Waals surface area (Å²) in [4.78, 5) is 14.7. The number of alkyl halides is 1. The van der Waals surface area contributed by atoms with Crippen LogP contribution in [0.1, 0.15) is 41.6 Å². The van der Waals surface area contributed by atoms with Gasteiger partial charge in [0, 0.05) is 28.5 Å². The molecule has 0 aliphatic carbocycles. The predicted molar refractivity (Wildman–Crippen MR) is 82.9 cm³/mol. The zero-order valence-electron chi connectivity index (χ0n) is 11.2. The van der Waals surface area contributed by atoms with Crippen LogP contribution in [0.2, 0.25) is 0 Å². The van der Waals surface area contributed by atoms with E-state index in [0.29, 0.717) is 11.9 Å². The highest BCUT2D eigenvalue weighted by Gasteiger charge is 2.27. The summed E-state index contributed by atoms with van der Waals surface area (Å²) in [5, 5.41) is 0. The Morgan fingerprint density at radius 2 is 2.26 bits per heavy atom. The Kier molecular flexibility index (Phi) is 5.28. The molecule has 1 amide bonds. The topological polar surface area (TPSA) is 20.3 Å². The van der Waals surface area contributed by atoms with Crippen LogP contribution in [-0.4, -0.2) is 29.3 Å². The molecule has 1 saturated heterocycles. The molecule has 0 aromatic heterocycles. The van der Waals surface area contributed by atoms with E-state index in [-0.39, 0.29) is 5.91 Å². The Morgan fingerprint density at radius 1 is 1.47 bits per heavy atom. The summed E-state index contributed by atoms with van der Waals surface area (Å²) < 4.78 is 0.951. The maximum Gasteiger partial charge on any atom is 0.254 e. The largest absolute Gasteiger partial charge is 0.336 e. The fraction of sp³-hybridized carbons (Fsp3) is 0.533. The summed E-state index contributed by atoms with van der Waals surface area (Å²) >= 11 is 9.30. The van der Waals surface area contributed by atoms with Gasteiger partial charge in [-0.15, -0.1) is 11.6 Å². The molecule has 1 aliphatic rings. The second-order valence-corrected chi connectivity index (χ2v) is 6.38. The zero-order valence-corrected chi connectivity index (χ0v) is 13.5. The van der Waals surface area contributed by atoms with Crippen LogP contribution in [0.5, 0.6) is 0 Å². The first-order chi connectivity index (χ1) is 9.13. The normalized spacial score (nSPS) is 19.5. The number of rotatable bonds is 3. The van der Waals surface area contributed by atoms with Crippen LogP contribution in [0.3, 0.4) is 0 Å². The van der Waals surface area contributed by atoms with Crippen molar-refractivity contribution in [3.63, 3.8) is 0 Å². The number of hydrogen-bond acceptors (Lipinski definition) is 1. The molecular formula is C15H19BrClNO. The second-order valence-electron chi connectivity index (χ2n) is 5.09. The summed E-state index contributed by atoms with van der Waals surface area (Å²) in [5.41, 5.74) is 1.83. The van der Waals surface area contributed by atoms with Crippen molar-refractivity contribution in [2.45, 2.75) is 38.6 Å². The zero-order chi connectivity index (χ0) is 13.8. The molecule has 0 saturated carbocycles. The van der Waals surface area contributed by atoms with Crippen molar-refractivity contribution in [2.75, 3.05) is 12.4 Å². The molecule has 4 heteroatoms. The molecule has 104 valence electrons. The van der Waals surface area contributed by atoms with E-state index in [1.165, 1.54) is 6.42 Å². The fourth-order valence-electron chi connectivity index (χ4n) is 2.67. The number of carbonyl (C=O) groups is 1. The van der Waals surface area contributed by atoms with Gasteiger partial charge in [0.25, 0.3) is 5.91 Å². The van der Waals surface area contributed by atoms with Gasteiger partial charge in [-0.25, -0.2) is 0 Å². The Bertz CT molecular complexity index is 461. The lowest BCUT2D eigenvalue weighted by molar-refractivity contribution is 0.0608. The van der Waals surface area contributed by atoms with Crippen LogP contribution < -0.4 is 0 Å². The fourth-order valence-corrected chi connectivity index (χ4v) is 3.29. The van der Waals surface area contributed by atoms with Crippen molar-refractivity contribution in [3.8, 4) is 0 Å². The van der Waals surface area contributed by atoms with Gasteiger partial charge in [0.2, 0.25) is 0 Å². The Balaban J connectivity index is 2.23. The van der Waals surface area contributed by atoms with E-state index in [0.717, 1.165) is 41.4 Å². The van der Waals surface area contributed by atoms with Gasteiger partial charge >= 0.3 is 0 Å². The molecular weight excluding hydrogens is 326 g/mol. The van der Waals surface area contributed by atoms with Crippen LogP contribution >= 0.6 is 27.5 Å². The number of hydrogen-bond donors (Lipinski definition) is 0. The lowest BCUT2D eigenvalue weighted by Crippen LogP contribution is -2.44. The molecule has 19 heavy (non-hydrogen) atoms. The van der Waals surface area contributed by atoms with E-state index in [9.17, 15) is 4.79 Å². The molecule has 0 N–H and O–H groups in total. The van der Waals surface area contributed by atoms with Crippen molar-refractivity contribution in [1.29, 1.82) is 0 Å². The van der Waals surface area contributed by atoms with E-state index >= 15 is 0 Å². The third kappa shape index (κ3) is 3.51. The molecule has 0 bridgehead atoms. The second kappa shape index (κ2) is 6.76. The molecule has 1 fully saturated rings. The Labute approximate surface area is 128 Å². The highest BCUT2D eigenvalue weighted by atomic mass is 79.9. The van der Waals surface area contributed by atoms with E-state index in [4.69, 9.17) is 11.6 Å². The van der Waals surface area contributed by atoms with Crippen molar-refractivity contribution < 1.29 is 4.79 Å². The van der Waals surface area contributed by atoms with Crippen molar-refractivity contribution in [3.05, 3.63) is 33.8 Å². The van der Waals surface area contributed by atoms with Gasteiger partial charge in [-0.2, -0.15) is 0 Å². The molecule has 1 atom stereocenters. The average molecular weight is 345 g/mol. The van der Waals surface area contributed by atoms with E-state index in [1.54, 1.807) is 0 Å². The standard InChI is InChI=1S/C15H19BrClNO/c1-11-5-6-12(16)10-14(11)15(19)18-9-3-2-4-13(18)7-8-17/h5-6,10,13H,2-4,7-9H2,1H3. The summed E-state index contributed by atoms with van der Waals surface area (Å²) in [5.74, 6) is 0.764. The minimum absolute atomic E-state index is 0.147. The molecule has 1 aromatic carbocycles. The summed E-state index contributed by atoms with van der Waals surface area (Å²) in [6.45, 7) is 2.84. The molecule has 1 aliphatic heterocycles. The minimum Gasteiger partial charge on any atom is -0.336 e. The Hall–Kier alpha value is -0.540. The highest BCUT2D eigenvalue weighted by Crippen LogP contribution is 2.25. The van der Waals surface area contributed by atoms with Crippen LogP contribution in [0, 0.1) is 6.92 Å². The SMILES string of the molecule is Cc1ccc(Br)cc1C(=O)N1CCCCC1CCCl. The predicted octanol–water partition coefficient (Wildman–Crippen LogP) is 4.38. The number of piperidine rings is 1. The quantitative estimate of drug-likeness (QED) is 0.745. The number of benzene rings is 1. The van der Waals surface area contributed by atoms with Gasteiger partial charge in [-0.05, 0) is 50.3 Å². The van der Waals surface area contributed by atoms with Gasteiger partial charge in [0.1, 0.15) is 0 Å². The summed E-state index contributed by atoms with van der Waals surface area (Å²) in [6, 6.07) is 6.18. The monoisotopic (exact) mass is 343 g/mol. The number of carbonyl (C=O) groups excluding carboxylic acids is 1. The van der Waals surface area contributed by atoms with Gasteiger partial charge < -0.3 is 4.90 Å². The van der Waals surface area contributed by atoms with Gasteiger partial charge in [-0.1, -0.05) is 22.0 Å². The number of aryl methyl sites for hydroxylation is 1. The first-order valence-corrected chi connectivity index (χ1v) is 8.09. The number of amides is 1. The minimum atomic E-state index is 0.147. The highest BCUT2D eigenvalue weighted by molar-refractivity contribution is 9.10. The molecule has 0 spiro atoms. The number of halogens is 2. The first kappa shape index (κ1) is 14.9. The summed E-state index contributed by atoms with van der Waals surface area (Å²) in [7, 11) is 0. The van der Waals surface area contributed by atoms with Crippen molar-refractivity contribution >= 4 is 33.4 Å². The summed E-state index contributed by atoms with van der Waals surface area (Å²) in [6.07, 6.45) is 4.26. The van der Waals surface area contributed by atoms with Gasteiger partial charge in [0.05, 0.1) is 0 Å². The van der Waals surface area contributed by atoms with Crippen LogP contribution in [0.15, 0.2) is 22.7 Å². The van der Waals surface area contributed by atoms with Gasteiger partial charge in [0.15, 0.2) is 0 Å². The van der Waals surface area contributed by atoms with Crippen molar-refractivity contribution in [2.24, 2.45) is 0 Å². The van der Waals surface area contributed by atoms with Gasteiger partial charge in [-0.3, -0.25) is 4.79 Å². The van der Waals surface area contributed by atoms with Crippen LogP contribution in [0.25, 0.3) is 0 Å². The van der Waals surface area contributed by atoms with E-state index in [1.807, 2.05) is 30.0 Å². The lowest BCUT2D eigenvalue weighted by atomic mass is 9.98. The van der Waals surface area contributed by atoms with Crippen LogP contribution in [-0.2, 0) is 0 Å². The third-order valence-corrected chi connectivity index (χ3v) is 4.47. The number of nitrogens with zero attached hydrogens (tertiary/aromatic N) is 1. The molecule has 1 aromatic rings. The maximum absolute atomic E-state index is 12.7. The average Bonchev–Trinajstić information content (AvgIpc) is 2.42. The smallest absolute Gasteiger partial charge is 0.254 e. The number of likely N-dealkylation sites (tertiary alicyclic amines) is 1. The third-order valence-electron chi connectivity index (χ3n) is 3.76. The lowest BCUT2D eigenvalue weighted by Gasteiger charge is -2.36. The molecule has 1 unspecified atom stereocenters. The molecule has 0 radical (unpaired) electrons. The molecule has 1 heterocycles. The van der Waals surface area contributed by atoms with Crippen molar-refractivity contribution in [1.82, 2.24) is 4.90 Å². The maximum atomic E-state index is 12.7. The van der Waals surface area contributed by atoms with E-state index in [2.05, 4.69) is 15.9 Å². The van der Waals surface area contributed by atoms with Crippen LogP contribution in [0.4, 0.5) is 0 Å². The molecule has 2 rings (SSSR count).